The largest absolute Gasteiger partial charge is 0.223 e. The van der Waals surface area contributed by atoms with Gasteiger partial charge in [-0.05, 0) is 24.3 Å². The molecule has 0 aliphatic carbocycles. The molecule has 2 heterocycles. The summed E-state index contributed by atoms with van der Waals surface area (Å²) >= 11 is 0.694. The van der Waals surface area contributed by atoms with E-state index in [0.717, 1.165) is 0 Å². The van der Waals surface area contributed by atoms with Crippen molar-refractivity contribution >= 4 is 31.4 Å². The molecule has 3 aromatic rings. The van der Waals surface area contributed by atoms with Gasteiger partial charge in [-0.3, -0.25) is 0 Å². The lowest BCUT2D eigenvalue weighted by Crippen LogP contribution is -2.44. The topological polar surface area (TPSA) is 68.3 Å². The predicted molar refractivity (Wildman–Crippen MR) is 114 cm³/mol. The molecule has 2 bridgehead atoms. The standard InChI is InChI=1S/C22H14F4O4S3/c23-15-13-14(16(24)18(26)17(15)25)20-22(33(29,30)12-9-5-2-6-10-12)21(19(13)31-20)32(27,28)11-7-3-1-4-8-11/h1-10,19-22H/t19?,20?,21-,22-/m0/s1. The van der Waals surface area contributed by atoms with Gasteiger partial charge >= 0.3 is 0 Å². The van der Waals surface area contributed by atoms with Crippen LogP contribution < -0.4 is 0 Å². The summed E-state index contributed by atoms with van der Waals surface area (Å²) < 4.78 is 112. The second-order valence-electron chi connectivity index (χ2n) is 7.71. The van der Waals surface area contributed by atoms with Gasteiger partial charge in [-0.2, -0.15) is 0 Å². The Kier molecular flexibility index (Phi) is 5.15. The summed E-state index contributed by atoms with van der Waals surface area (Å²) in [7, 11) is -8.82. The van der Waals surface area contributed by atoms with Crippen molar-refractivity contribution in [1.82, 2.24) is 0 Å². The Balaban J connectivity index is 1.80. The molecular weight excluding hydrogens is 500 g/mol. The number of hydrogen-bond donors (Lipinski definition) is 0. The van der Waals surface area contributed by atoms with Crippen LogP contribution in [0, 0.1) is 23.3 Å². The predicted octanol–water partition coefficient (Wildman–Crippen LogP) is 4.77. The highest BCUT2D eigenvalue weighted by Gasteiger charge is 2.64. The smallest absolute Gasteiger partial charge is 0.197 e. The van der Waals surface area contributed by atoms with Crippen molar-refractivity contribution in [3.05, 3.63) is 95.1 Å². The average Bonchev–Trinajstić information content (AvgIpc) is 3.40. The molecule has 33 heavy (non-hydrogen) atoms. The minimum Gasteiger partial charge on any atom is -0.223 e. The number of halogens is 4. The van der Waals surface area contributed by atoms with Crippen molar-refractivity contribution in [2.45, 2.75) is 30.8 Å². The van der Waals surface area contributed by atoms with E-state index in [2.05, 4.69) is 0 Å². The third kappa shape index (κ3) is 3.08. The molecule has 0 spiro atoms. The minimum atomic E-state index is -4.41. The van der Waals surface area contributed by atoms with E-state index in [9.17, 15) is 34.4 Å². The first-order valence-corrected chi connectivity index (χ1v) is 13.7. The van der Waals surface area contributed by atoms with Gasteiger partial charge in [-0.15, -0.1) is 11.8 Å². The van der Waals surface area contributed by atoms with Gasteiger partial charge in [0, 0.05) is 11.1 Å². The van der Waals surface area contributed by atoms with Crippen molar-refractivity contribution in [3.63, 3.8) is 0 Å². The van der Waals surface area contributed by atoms with Crippen LogP contribution in [0.3, 0.4) is 0 Å². The number of thioether (sulfide) groups is 1. The summed E-state index contributed by atoms with van der Waals surface area (Å²) in [5, 5.41) is -6.37. The Bertz CT molecular complexity index is 1360. The van der Waals surface area contributed by atoms with Gasteiger partial charge in [0.2, 0.25) is 0 Å². The number of fused-ring (bicyclic) bond motifs is 5. The minimum absolute atomic E-state index is 0.207. The molecular formula is C22H14F4O4S3. The maximum Gasteiger partial charge on any atom is 0.197 e. The van der Waals surface area contributed by atoms with Crippen molar-refractivity contribution in [3.8, 4) is 0 Å². The normalized spacial score (nSPS) is 24.1. The van der Waals surface area contributed by atoms with E-state index in [1.807, 2.05) is 0 Å². The number of hydrogen-bond acceptors (Lipinski definition) is 5. The van der Waals surface area contributed by atoms with E-state index < -0.39 is 75.1 Å². The highest BCUT2D eigenvalue weighted by Crippen LogP contribution is 2.66. The Hall–Kier alpha value is -2.37. The fourth-order valence-electron chi connectivity index (χ4n) is 4.56. The van der Waals surface area contributed by atoms with Gasteiger partial charge in [-0.1, -0.05) is 36.4 Å². The van der Waals surface area contributed by atoms with Gasteiger partial charge in [0.1, 0.15) is 10.5 Å². The molecule has 5 rings (SSSR count). The van der Waals surface area contributed by atoms with E-state index in [0.29, 0.717) is 11.8 Å². The average molecular weight is 515 g/mol. The zero-order valence-electron chi connectivity index (χ0n) is 16.5. The van der Waals surface area contributed by atoms with Crippen molar-refractivity contribution in [1.29, 1.82) is 0 Å². The molecule has 4 atom stereocenters. The molecule has 172 valence electrons. The summed E-state index contributed by atoms with van der Waals surface area (Å²) in [6, 6.07) is 14.0. The van der Waals surface area contributed by atoms with E-state index in [1.54, 1.807) is 12.1 Å². The van der Waals surface area contributed by atoms with Gasteiger partial charge in [0.25, 0.3) is 0 Å². The molecule has 0 amide bonds. The van der Waals surface area contributed by atoms with Crippen LogP contribution in [-0.2, 0) is 19.7 Å². The van der Waals surface area contributed by atoms with E-state index >= 15 is 0 Å². The number of benzene rings is 3. The van der Waals surface area contributed by atoms with Crippen LogP contribution in [0.5, 0.6) is 0 Å². The van der Waals surface area contributed by atoms with Crippen LogP contribution in [0.25, 0.3) is 0 Å². The monoisotopic (exact) mass is 514 g/mol. The summed E-state index contributed by atoms with van der Waals surface area (Å²) in [6.45, 7) is 0. The molecule has 3 aromatic carbocycles. The van der Waals surface area contributed by atoms with E-state index in [1.165, 1.54) is 48.5 Å². The number of rotatable bonds is 4. The number of sulfone groups is 2. The van der Waals surface area contributed by atoms with Crippen LogP contribution in [-0.4, -0.2) is 27.3 Å². The lowest BCUT2D eigenvalue weighted by atomic mass is 9.89. The molecule has 2 aliphatic rings. The third-order valence-electron chi connectivity index (χ3n) is 5.98. The SMILES string of the molecule is O=S(=O)(c1ccccc1)[C@H]1C2SC(c3c(F)c(F)c(F)c(F)c32)[C@@H]1S(=O)(=O)c1ccccc1. The van der Waals surface area contributed by atoms with Crippen LogP contribution in [0.1, 0.15) is 21.6 Å². The molecule has 0 aromatic heterocycles. The van der Waals surface area contributed by atoms with Crippen molar-refractivity contribution in [2.24, 2.45) is 0 Å². The quantitative estimate of drug-likeness (QED) is 0.285. The van der Waals surface area contributed by atoms with E-state index in [4.69, 9.17) is 0 Å². The third-order valence-corrected chi connectivity index (χ3v) is 12.6. The molecule has 1 fully saturated rings. The Morgan fingerprint density at radius 1 is 0.545 bits per heavy atom. The van der Waals surface area contributed by atoms with Crippen LogP contribution in [0.15, 0.2) is 70.5 Å². The molecule has 2 aliphatic heterocycles. The Morgan fingerprint density at radius 2 is 0.879 bits per heavy atom. The molecule has 0 N–H and O–H groups in total. The maximum atomic E-state index is 14.8. The zero-order chi connectivity index (χ0) is 23.7. The summed E-state index contributed by atoms with van der Waals surface area (Å²) in [4.78, 5) is -0.414. The highest BCUT2D eigenvalue weighted by atomic mass is 32.2. The summed E-state index contributed by atoms with van der Waals surface area (Å²) in [5.41, 5.74) is -1.27. The maximum absolute atomic E-state index is 14.8. The van der Waals surface area contributed by atoms with Gasteiger partial charge in [0.05, 0.1) is 20.3 Å². The first-order chi connectivity index (χ1) is 15.6. The van der Waals surface area contributed by atoms with Gasteiger partial charge in [-0.25, -0.2) is 34.4 Å². The van der Waals surface area contributed by atoms with Crippen LogP contribution in [0.4, 0.5) is 17.6 Å². The Labute approximate surface area is 191 Å². The first-order valence-electron chi connectivity index (χ1n) is 9.67. The van der Waals surface area contributed by atoms with Crippen LogP contribution in [0.2, 0.25) is 0 Å². The van der Waals surface area contributed by atoms with Gasteiger partial charge < -0.3 is 0 Å². The second-order valence-corrected chi connectivity index (χ2v) is 13.2. The van der Waals surface area contributed by atoms with Crippen LogP contribution >= 0.6 is 11.8 Å². The fraction of sp³-hybridized carbons (Fsp3) is 0.182. The molecule has 4 nitrogen and oxygen atoms in total. The second kappa shape index (κ2) is 7.57. The molecule has 2 unspecified atom stereocenters. The molecule has 0 saturated carbocycles. The highest BCUT2D eigenvalue weighted by molar-refractivity contribution is 8.05. The van der Waals surface area contributed by atoms with Crippen molar-refractivity contribution < 1.29 is 34.4 Å². The zero-order valence-corrected chi connectivity index (χ0v) is 18.9. The van der Waals surface area contributed by atoms with E-state index in [-0.39, 0.29) is 9.79 Å². The van der Waals surface area contributed by atoms with Crippen molar-refractivity contribution in [2.75, 3.05) is 0 Å². The summed E-state index contributed by atoms with van der Waals surface area (Å²) in [5.74, 6) is -7.52. The Morgan fingerprint density at radius 3 is 1.21 bits per heavy atom. The molecule has 1 saturated heterocycles. The fourth-order valence-corrected chi connectivity index (χ4v) is 12.2. The molecule has 11 heteroatoms. The molecule has 0 radical (unpaired) electrons. The lowest BCUT2D eigenvalue weighted by Gasteiger charge is -2.31. The first kappa shape index (κ1) is 22.4. The lowest BCUT2D eigenvalue weighted by molar-refractivity contribution is 0.393. The van der Waals surface area contributed by atoms with Gasteiger partial charge in [0.15, 0.2) is 42.9 Å². The summed E-state index contributed by atoms with van der Waals surface area (Å²) in [6.07, 6.45) is 0.